The van der Waals surface area contributed by atoms with E-state index in [0.29, 0.717) is 6.20 Å². The van der Waals surface area contributed by atoms with Crippen LogP contribution >= 0.6 is 0 Å². The quantitative estimate of drug-likeness (QED) is 0.612. The van der Waals surface area contributed by atoms with Crippen molar-refractivity contribution in [1.29, 1.82) is 0 Å². The average molecular weight is 259 g/mol. The molecule has 16 heavy (non-hydrogen) atoms. The highest BCUT2D eigenvalue weighted by molar-refractivity contribution is 7.86. The molecule has 0 bridgehead atoms. The molecule has 90 valence electrons. The second-order valence-electron chi connectivity index (χ2n) is 2.67. The summed E-state index contributed by atoms with van der Waals surface area (Å²) in [5, 5.41) is 0. The molecule has 0 saturated heterocycles. The predicted molar refractivity (Wildman–Crippen MR) is 44.1 cm³/mol. The first-order valence-corrected chi connectivity index (χ1v) is 5.17. The number of aromatic nitrogens is 1. The molecule has 1 rings (SSSR count). The monoisotopic (exact) mass is 259 g/mol. The zero-order valence-electron chi connectivity index (χ0n) is 7.53. The number of ether oxygens (including phenoxy) is 1. The Labute approximate surface area is 88.1 Å². The van der Waals surface area contributed by atoms with Crippen molar-refractivity contribution in [2.45, 2.75) is 11.1 Å². The second-order valence-corrected chi connectivity index (χ2v) is 4.02. The molecule has 0 fully saturated rings. The standard InChI is InChI=1S/C7H5F4NO3S/c8-7(9,10)4-15-6-2-1-5(3-12-6)16(11,13)14/h1-3H,4H2. The Kier molecular flexibility index (Phi) is 3.36. The highest BCUT2D eigenvalue weighted by Crippen LogP contribution is 2.18. The van der Waals surface area contributed by atoms with Gasteiger partial charge in [-0.1, -0.05) is 0 Å². The molecule has 0 aliphatic carbocycles. The van der Waals surface area contributed by atoms with Crippen LogP contribution in [0.3, 0.4) is 0 Å². The van der Waals surface area contributed by atoms with Crippen LogP contribution in [0.15, 0.2) is 23.2 Å². The molecule has 0 aromatic carbocycles. The zero-order chi connectivity index (χ0) is 12.4. The summed E-state index contributed by atoms with van der Waals surface area (Å²) in [7, 11) is -4.90. The number of pyridine rings is 1. The Hall–Kier alpha value is -1.38. The molecule has 1 heterocycles. The van der Waals surface area contributed by atoms with Crippen molar-refractivity contribution < 1.29 is 30.2 Å². The van der Waals surface area contributed by atoms with Crippen LogP contribution in [0.5, 0.6) is 5.88 Å². The minimum absolute atomic E-state index is 0.440. The highest BCUT2D eigenvalue weighted by Gasteiger charge is 2.28. The van der Waals surface area contributed by atoms with E-state index in [4.69, 9.17) is 0 Å². The fraction of sp³-hybridized carbons (Fsp3) is 0.286. The summed E-state index contributed by atoms with van der Waals surface area (Å²) in [6, 6.07) is 1.59. The minimum Gasteiger partial charge on any atom is -0.468 e. The first-order valence-electron chi connectivity index (χ1n) is 3.79. The van der Waals surface area contributed by atoms with Gasteiger partial charge in [-0.25, -0.2) is 4.98 Å². The molecule has 0 saturated carbocycles. The molecular weight excluding hydrogens is 254 g/mol. The molecule has 0 aliphatic rings. The Morgan fingerprint density at radius 2 is 1.94 bits per heavy atom. The Morgan fingerprint density at radius 3 is 2.31 bits per heavy atom. The molecule has 0 unspecified atom stereocenters. The van der Waals surface area contributed by atoms with Gasteiger partial charge in [-0.05, 0) is 6.07 Å². The van der Waals surface area contributed by atoms with Gasteiger partial charge in [0.1, 0.15) is 4.90 Å². The maximum Gasteiger partial charge on any atom is 0.422 e. The van der Waals surface area contributed by atoms with Crippen LogP contribution in [0.1, 0.15) is 0 Å². The minimum atomic E-state index is -4.90. The molecular formula is C7H5F4NO3S. The van der Waals surface area contributed by atoms with Crippen LogP contribution in [0, 0.1) is 0 Å². The molecule has 4 nitrogen and oxygen atoms in total. The van der Waals surface area contributed by atoms with Gasteiger partial charge in [0.2, 0.25) is 5.88 Å². The third-order valence-corrected chi connectivity index (χ3v) is 2.18. The van der Waals surface area contributed by atoms with E-state index in [0.717, 1.165) is 12.1 Å². The van der Waals surface area contributed by atoms with Crippen LogP contribution in [-0.2, 0) is 10.2 Å². The van der Waals surface area contributed by atoms with Crippen molar-refractivity contribution in [1.82, 2.24) is 4.98 Å². The van der Waals surface area contributed by atoms with Gasteiger partial charge in [-0.2, -0.15) is 21.6 Å². The normalized spacial score (nSPS) is 12.5. The lowest BCUT2D eigenvalue weighted by atomic mass is 10.5. The summed E-state index contributed by atoms with van der Waals surface area (Å²) in [6.07, 6.45) is -3.95. The van der Waals surface area contributed by atoms with Crippen LogP contribution in [0.25, 0.3) is 0 Å². The first kappa shape index (κ1) is 12.7. The van der Waals surface area contributed by atoms with Gasteiger partial charge in [0.15, 0.2) is 6.61 Å². The summed E-state index contributed by atoms with van der Waals surface area (Å²) in [5.41, 5.74) is 0. The van der Waals surface area contributed by atoms with Gasteiger partial charge in [0.25, 0.3) is 0 Å². The van der Waals surface area contributed by atoms with E-state index >= 15 is 0 Å². The van der Waals surface area contributed by atoms with Gasteiger partial charge < -0.3 is 4.74 Å². The maximum absolute atomic E-state index is 12.3. The number of nitrogens with zero attached hydrogens (tertiary/aromatic N) is 1. The third-order valence-electron chi connectivity index (χ3n) is 1.37. The number of hydrogen-bond donors (Lipinski definition) is 0. The van der Waals surface area contributed by atoms with Crippen LogP contribution < -0.4 is 4.74 Å². The lowest BCUT2D eigenvalue weighted by Gasteiger charge is -2.07. The van der Waals surface area contributed by atoms with E-state index in [-0.39, 0.29) is 0 Å². The SMILES string of the molecule is O=S(=O)(F)c1ccc(OCC(F)(F)F)nc1. The smallest absolute Gasteiger partial charge is 0.422 e. The molecule has 0 radical (unpaired) electrons. The van der Waals surface area contributed by atoms with E-state index in [1.807, 2.05) is 0 Å². The topological polar surface area (TPSA) is 56.3 Å². The second kappa shape index (κ2) is 4.24. The summed E-state index contributed by atoms with van der Waals surface area (Å²) >= 11 is 0. The Morgan fingerprint density at radius 1 is 1.31 bits per heavy atom. The average Bonchev–Trinajstić information content (AvgIpc) is 2.13. The van der Waals surface area contributed by atoms with E-state index in [1.165, 1.54) is 0 Å². The molecule has 1 aromatic heterocycles. The molecule has 0 N–H and O–H groups in total. The Bertz CT molecular complexity index is 454. The lowest BCUT2D eigenvalue weighted by molar-refractivity contribution is -0.154. The van der Waals surface area contributed by atoms with Crippen LogP contribution in [0.4, 0.5) is 17.1 Å². The summed E-state index contributed by atoms with van der Waals surface area (Å²) in [4.78, 5) is 2.46. The summed E-state index contributed by atoms with van der Waals surface area (Å²) in [6.45, 7) is -1.55. The third kappa shape index (κ3) is 4.01. The Balaban J connectivity index is 2.73. The highest BCUT2D eigenvalue weighted by atomic mass is 32.3. The number of alkyl halides is 3. The van der Waals surface area contributed by atoms with Crippen molar-refractivity contribution in [2.75, 3.05) is 6.61 Å². The fourth-order valence-corrected chi connectivity index (χ4v) is 1.16. The van der Waals surface area contributed by atoms with E-state index in [9.17, 15) is 25.5 Å². The molecule has 0 spiro atoms. The molecule has 1 aromatic rings. The van der Waals surface area contributed by atoms with Gasteiger partial charge in [0, 0.05) is 6.07 Å². The van der Waals surface area contributed by atoms with Gasteiger partial charge >= 0.3 is 16.4 Å². The molecule has 0 atom stereocenters. The van der Waals surface area contributed by atoms with Gasteiger partial charge in [-0.15, -0.1) is 3.89 Å². The molecule has 0 aliphatic heterocycles. The number of rotatable bonds is 3. The predicted octanol–water partition coefficient (Wildman–Crippen LogP) is 1.68. The van der Waals surface area contributed by atoms with E-state index in [1.54, 1.807) is 0 Å². The van der Waals surface area contributed by atoms with Crippen molar-refractivity contribution in [3.63, 3.8) is 0 Å². The number of halogens is 4. The van der Waals surface area contributed by atoms with Crippen LogP contribution in [0.2, 0.25) is 0 Å². The van der Waals surface area contributed by atoms with Crippen molar-refractivity contribution in [3.8, 4) is 5.88 Å². The zero-order valence-corrected chi connectivity index (χ0v) is 8.35. The van der Waals surface area contributed by atoms with E-state index in [2.05, 4.69) is 9.72 Å². The van der Waals surface area contributed by atoms with Crippen molar-refractivity contribution >= 4 is 10.2 Å². The lowest BCUT2D eigenvalue weighted by Crippen LogP contribution is -2.19. The fourth-order valence-electron chi connectivity index (χ4n) is 0.752. The van der Waals surface area contributed by atoms with Gasteiger partial charge in [0.05, 0.1) is 6.20 Å². The first-order chi connectivity index (χ1) is 7.18. The largest absolute Gasteiger partial charge is 0.468 e. The van der Waals surface area contributed by atoms with Crippen LogP contribution in [-0.4, -0.2) is 26.2 Å². The molecule has 9 heteroatoms. The number of hydrogen-bond acceptors (Lipinski definition) is 4. The van der Waals surface area contributed by atoms with E-state index < -0.39 is 33.8 Å². The molecule has 0 amide bonds. The van der Waals surface area contributed by atoms with Crippen molar-refractivity contribution in [3.05, 3.63) is 18.3 Å². The summed E-state index contributed by atoms with van der Waals surface area (Å²) < 4.78 is 72.3. The van der Waals surface area contributed by atoms with Gasteiger partial charge in [-0.3, -0.25) is 0 Å². The van der Waals surface area contributed by atoms with Crippen molar-refractivity contribution in [2.24, 2.45) is 0 Å². The summed E-state index contributed by atoms with van der Waals surface area (Å²) in [5.74, 6) is -0.440. The maximum atomic E-state index is 12.3.